The van der Waals surface area contributed by atoms with Crippen molar-refractivity contribution in [2.24, 2.45) is 5.92 Å². The van der Waals surface area contributed by atoms with Gasteiger partial charge in [0.2, 0.25) is 0 Å². The first-order chi connectivity index (χ1) is 9.83. The third kappa shape index (κ3) is 9.25. The van der Waals surface area contributed by atoms with Gasteiger partial charge >= 0.3 is 5.97 Å². The third-order valence-electron chi connectivity index (χ3n) is 3.15. The molecule has 1 rings (SSSR count). The van der Waals surface area contributed by atoms with Gasteiger partial charge in [0.25, 0.3) is 0 Å². The second-order valence-electron chi connectivity index (χ2n) is 4.85. The van der Waals surface area contributed by atoms with Crippen molar-refractivity contribution in [2.75, 3.05) is 59.8 Å². The van der Waals surface area contributed by atoms with Crippen LogP contribution in [-0.4, -0.2) is 65.8 Å². The number of hydrogen-bond donors (Lipinski definition) is 1. The normalized spacial score (nSPS) is 18.9. The summed E-state index contributed by atoms with van der Waals surface area (Å²) in [6.45, 7) is 4.92. The van der Waals surface area contributed by atoms with Crippen LogP contribution in [0, 0.1) is 5.92 Å². The summed E-state index contributed by atoms with van der Waals surface area (Å²) in [6, 6.07) is 0. The molecule has 1 atom stereocenters. The summed E-state index contributed by atoms with van der Waals surface area (Å²) < 4.78 is 20.5. The van der Waals surface area contributed by atoms with Crippen molar-refractivity contribution in [3.05, 3.63) is 0 Å². The maximum atomic E-state index is 11.6. The monoisotopic (exact) mass is 289 g/mol. The van der Waals surface area contributed by atoms with Crippen LogP contribution < -0.4 is 5.32 Å². The lowest BCUT2D eigenvalue weighted by Gasteiger charge is -2.21. The highest BCUT2D eigenvalue weighted by Crippen LogP contribution is 2.14. The van der Waals surface area contributed by atoms with E-state index >= 15 is 0 Å². The third-order valence-corrected chi connectivity index (χ3v) is 3.15. The summed E-state index contributed by atoms with van der Waals surface area (Å²) in [6.07, 6.45) is 2.76. The van der Waals surface area contributed by atoms with E-state index in [-0.39, 0.29) is 5.97 Å². The number of hydrogen-bond acceptors (Lipinski definition) is 6. The molecule has 1 aliphatic heterocycles. The van der Waals surface area contributed by atoms with E-state index in [0.717, 1.165) is 25.9 Å². The molecule has 1 aliphatic rings. The largest absolute Gasteiger partial charge is 0.463 e. The van der Waals surface area contributed by atoms with Gasteiger partial charge in [-0.05, 0) is 31.8 Å². The average molecular weight is 289 g/mol. The zero-order valence-electron chi connectivity index (χ0n) is 12.4. The van der Waals surface area contributed by atoms with Crippen molar-refractivity contribution in [3.63, 3.8) is 0 Å². The van der Waals surface area contributed by atoms with Gasteiger partial charge in [-0.2, -0.15) is 0 Å². The van der Waals surface area contributed by atoms with Crippen LogP contribution in [-0.2, 0) is 23.7 Å². The molecule has 0 amide bonds. The molecule has 1 heterocycles. The van der Waals surface area contributed by atoms with Crippen molar-refractivity contribution in [3.8, 4) is 0 Å². The van der Waals surface area contributed by atoms with Crippen molar-refractivity contribution in [1.29, 1.82) is 0 Å². The molecule has 118 valence electrons. The number of esters is 1. The Morgan fingerprint density at radius 2 is 1.80 bits per heavy atom. The van der Waals surface area contributed by atoms with E-state index in [1.54, 1.807) is 7.11 Å². The van der Waals surface area contributed by atoms with Gasteiger partial charge in [0.15, 0.2) is 0 Å². The molecular formula is C14H27NO5. The van der Waals surface area contributed by atoms with E-state index in [2.05, 4.69) is 5.32 Å². The molecule has 0 aromatic heterocycles. The fourth-order valence-corrected chi connectivity index (χ4v) is 2.07. The fraction of sp³-hybridized carbons (Fsp3) is 0.929. The lowest BCUT2D eigenvalue weighted by Crippen LogP contribution is -2.31. The molecule has 1 unspecified atom stereocenters. The maximum Gasteiger partial charge on any atom is 0.306 e. The standard InChI is InChI=1S/C14H27NO5/c1-17-5-6-18-7-8-19-9-10-20-14(16)11-13-3-2-4-15-12-13/h13,15H,2-12H2,1H3. The first-order valence-electron chi connectivity index (χ1n) is 7.33. The SMILES string of the molecule is COCCOCCOCCOC(=O)CC1CCCNC1. The second kappa shape index (κ2) is 12.1. The van der Waals surface area contributed by atoms with Gasteiger partial charge in [0.05, 0.1) is 33.0 Å². The Labute approximate surface area is 121 Å². The molecule has 0 aliphatic carbocycles. The predicted octanol–water partition coefficient (Wildman–Crippen LogP) is 0.599. The molecule has 6 nitrogen and oxygen atoms in total. The smallest absolute Gasteiger partial charge is 0.306 e. The molecule has 0 bridgehead atoms. The van der Waals surface area contributed by atoms with Crippen LogP contribution in [0.3, 0.4) is 0 Å². The van der Waals surface area contributed by atoms with E-state index in [4.69, 9.17) is 18.9 Å². The summed E-state index contributed by atoms with van der Waals surface area (Å²) in [7, 11) is 1.64. The Bertz CT molecular complexity index is 244. The van der Waals surface area contributed by atoms with Gasteiger partial charge in [-0.1, -0.05) is 0 Å². The van der Waals surface area contributed by atoms with Gasteiger partial charge in [-0.15, -0.1) is 0 Å². The van der Waals surface area contributed by atoms with E-state index in [1.807, 2.05) is 0 Å². The number of carbonyl (C=O) groups excluding carboxylic acids is 1. The molecule has 1 N–H and O–H groups in total. The number of ether oxygens (including phenoxy) is 4. The fourth-order valence-electron chi connectivity index (χ4n) is 2.07. The molecule has 1 saturated heterocycles. The number of carbonyl (C=O) groups is 1. The number of rotatable bonds is 11. The average Bonchev–Trinajstić information content (AvgIpc) is 2.46. The minimum absolute atomic E-state index is 0.126. The van der Waals surface area contributed by atoms with E-state index in [1.165, 1.54) is 0 Å². The summed E-state index contributed by atoms with van der Waals surface area (Å²) in [5.41, 5.74) is 0. The van der Waals surface area contributed by atoms with Gasteiger partial charge < -0.3 is 24.3 Å². The highest BCUT2D eigenvalue weighted by molar-refractivity contribution is 5.69. The van der Waals surface area contributed by atoms with Gasteiger partial charge in [-0.3, -0.25) is 4.79 Å². The van der Waals surface area contributed by atoms with E-state index < -0.39 is 0 Å². The number of nitrogens with one attached hydrogen (secondary N) is 1. The second-order valence-corrected chi connectivity index (χ2v) is 4.85. The Hall–Kier alpha value is -0.690. The quantitative estimate of drug-likeness (QED) is 0.444. The lowest BCUT2D eigenvalue weighted by molar-refractivity contribution is -0.146. The highest BCUT2D eigenvalue weighted by atomic mass is 16.6. The van der Waals surface area contributed by atoms with Gasteiger partial charge in [0, 0.05) is 13.5 Å². The Morgan fingerprint density at radius 3 is 2.45 bits per heavy atom. The lowest BCUT2D eigenvalue weighted by atomic mass is 9.96. The van der Waals surface area contributed by atoms with Crippen molar-refractivity contribution in [2.45, 2.75) is 19.3 Å². The Balaban J connectivity index is 1.84. The molecule has 1 fully saturated rings. The first kappa shape index (κ1) is 17.4. The Kier molecular flexibility index (Phi) is 10.5. The van der Waals surface area contributed by atoms with Crippen LogP contribution >= 0.6 is 0 Å². The van der Waals surface area contributed by atoms with Crippen molar-refractivity contribution >= 4 is 5.97 Å². The van der Waals surface area contributed by atoms with Crippen LogP contribution in [0.15, 0.2) is 0 Å². The molecule has 0 aromatic rings. The molecule has 0 aromatic carbocycles. The summed E-state index contributed by atoms with van der Waals surface area (Å²) >= 11 is 0. The van der Waals surface area contributed by atoms with E-state index in [9.17, 15) is 4.79 Å². The zero-order valence-corrected chi connectivity index (χ0v) is 12.4. The Morgan fingerprint density at radius 1 is 1.10 bits per heavy atom. The molecule has 20 heavy (non-hydrogen) atoms. The van der Waals surface area contributed by atoms with E-state index in [0.29, 0.717) is 52.0 Å². The molecule has 0 radical (unpaired) electrons. The molecular weight excluding hydrogens is 262 g/mol. The van der Waals surface area contributed by atoms with Crippen LogP contribution in [0.1, 0.15) is 19.3 Å². The van der Waals surface area contributed by atoms with Gasteiger partial charge in [0.1, 0.15) is 6.61 Å². The van der Waals surface area contributed by atoms with Crippen molar-refractivity contribution < 1.29 is 23.7 Å². The topological polar surface area (TPSA) is 66.0 Å². The van der Waals surface area contributed by atoms with Crippen LogP contribution in [0.25, 0.3) is 0 Å². The molecule has 6 heteroatoms. The molecule has 0 saturated carbocycles. The number of methoxy groups -OCH3 is 1. The summed E-state index contributed by atoms with van der Waals surface area (Å²) in [4.78, 5) is 11.6. The van der Waals surface area contributed by atoms with Crippen molar-refractivity contribution in [1.82, 2.24) is 5.32 Å². The molecule has 0 spiro atoms. The highest BCUT2D eigenvalue weighted by Gasteiger charge is 2.17. The zero-order chi connectivity index (χ0) is 14.5. The van der Waals surface area contributed by atoms with Crippen LogP contribution in [0.2, 0.25) is 0 Å². The maximum absolute atomic E-state index is 11.6. The predicted molar refractivity (Wildman–Crippen MR) is 74.7 cm³/mol. The van der Waals surface area contributed by atoms with Gasteiger partial charge in [-0.25, -0.2) is 0 Å². The van der Waals surface area contributed by atoms with Crippen LogP contribution in [0.4, 0.5) is 0 Å². The minimum Gasteiger partial charge on any atom is -0.463 e. The minimum atomic E-state index is -0.126. The van der Waals surface area contributed by atoms with Crippen LogP contribution in [0.5, 0.6) is 0 Å². The summed E-state index contributed by atoms with van der Waals surface area (Å²) in [5, 5.41) is 3.29. The first-order valence-corrected chi connectivity index (χ1v) is 7.33. The number of piperidine rings is 1. The summed E-state index contributed by atoms with van der Waals surface area (Å²) in [5.74, 6) is 0.296.